The molecule has 1 N–H and O–H groups in total. The highest BCUT2D eigenvalue weighted by Gasteiger charge is 2.33. The molecule has 1 aliphatic rings. The molecule has 12 heavy (non-hydrogen) atoms. The molecule has 0 saturated heterocycles. The monoisotopic (exact) mass is 191 g/mol. The Labute approximate surface area is 74.6 Å². The Bertz CT molecular complexity index is 247. The van der Waals surface area contributed by atoms with Crippen molar-refractivity contribution in [1.82, 2.24) is 4.72 Å². The van der Waals surface area contributed by atoms with Crippen molar-refractivity contribution in [3.63, 3.8) is 0 Å². The van der Waals surface area contributed by atoms with Crippen LogP contribution in [0, 0.1) is 0 Å². The Kier molecular flexibility index (Phi) is 2.50. The SMILES string of the molecule is CC(C)(C)NS(=O)(=O)C1CCC1. The first-order valence-electron chi connectivity index (χ1n) is 4.34. The minimum Gasteiger partial charge on any atom is -0.212 e. The molecular formula is C8H17NO2S. The Morgan fingerprint density at radius 1 is 1.25 bits per heavy atom. The maximum absolute atomic E-state index is 11.5. The van der Waals surface area contributed by atoms with E-state index in [1.807, 2.05) is 20.8 Å². The second-order valence-corrected chi connectivity index (χ2v) is 6.41. The number of sulfonamides is 1. The molecule has 0 heterocycles. The van der Waals surface area contributed by atoms with Crippen molar-refractivity contribution < 1.29 is 8.42 Å². The molecule has 0 spiro atoms. The van der Waals surface area contributed by atoms with E-state index in [2.05, 4.69) is 4.72 Å². The van der Waals surface area contributed by atoms with Crippen molar-refractivity contribution in [3.8, 4) is 0 Å². The molecule has 0 aromatic carbocycles. The summed E-state index contributed by atoms with van der Waals surface area (Å²) >= 11 is 0. The van der Waals surface area contributed by atoms with Gasteiger partial charge in [-0.1, -0.05) is 6.42 Å². The predicted octanol–water partition coefficient (Wildman–Crippen LogP) is 1.26. The fourth-order valence-electron chi connectivity index (χ4n) is 1.19. The number of rotatable bonds is 2. The number of nitrogens with one attached hydrogen (secondary N) is 1. The summed E-state index contributed by atoms with van der Waals surface area (Å²) in [6.07, 6.45) is 2.70. The summed E-state index contributed by atoms with van der Waals surface area (Å²) in [5.74, 6) is 0. The van der Waals surface area contributed by atoms with Gasteiger partial charge in [-0.05, 0) is 33.6 Å². The van der Waals surface area contributed by atoms with E-state index in [1.165, 1.54) is 0 Å². The van der Waals surface area contributed by atoms with Crippen LogP contribution in [0.2, 0.25) is 0 Å². The second-order valence-electron chi connectivity index (χ2n) is 4.45. The third kappa shape index (κ3) is 2.45. The van der Waals surface area contributed by atoms with Crippen molar-refractivity contribution >= 4 is 10.0 Å². The molecule has 0 unspecified atom stereocenters. The van der Waals surface area contributed by atoms with Crippen LogP contribution < -0.4 is 4.72 Å². The van der Waals surface area contributed by atoms with E-state index in [1.54, 1.807) is 0 Å². The summed E-state index contributed by atoms with van der Waals surface area (Å²) in [5, 5.41) is -0.128. The average Bonchev–Trinajstić information content (AvgIpc) is 1.45. The van der Waals surface area contributed by atoms with Gasteiger partial charge in [-0.25, -0.2) is 13.1 Å². The Morgan fingerprint density at radius 3 is 2.00 bits per heavy atom. The lowest BCUT2D eigenvalue weighted by Crippen LogP contribution is -2.47. The summed E-state index contributed by atoms with van der Waals surface area (Å²) < 4.78 is 25.7. The molecule has 1 rings (SSSR count). The zero-order valence-corrected chi connectivity index (χ0v) is 8.74. The third-order valence-electron chi connectivity index (χ3n) is 1.94. The van der Waals surface area contributed by atoms with Gasteiger partial charge in [-0.2, -0.15) is 0 Å². The van der Waals surface area contributed by atoms with Crippen LogP contribution in [0.3, 0.4) is 0 Å². The molecule has 0 aliphatic heterocycles. The predicted molar refractivity (Wildman–Crippen MR) is 49.4 cm³/mol. The van der Waals surface area contributed by atoms with Gasteiger partial charge in [-0.15, -0.1) is 0 Å². The lowest BCUT2D eigenvalue weighted by atomic mass is 10.0. The number of hydrogen-bond acceptors (Lipinski definition) is 2. The highest BCUT2D eigenvalue weighted by Crippen LogP contribution is 2.26. The van der Waals surface area contributed by atoms with Crippen LogP contribution in [0.25, 0.3) is 0 Å². The van der Waals surface area contributed by atoms with Crippen LogP contribution >= 0.6 is 0 Å². The maximum atomic E-state index is 11.5. The average molecular weight is 191 g/mol. The van der Waals surface area contributed by atoms with E-state index in [9.17, 15) is 8.42 Å². The van der Waals surface area contributed by atoms with E-state index in [4.69, 9.17) is 0 Å². The van der Waals surface area contributed by atoms with Crippen LogP contribution in [0.15, 0.2) is 0 Å². The zero-order chi connectivity index (χ0) is 9.41. The Hall–Kier alpha value is -0.0900. The lowest BCUT2D eigenvalue weighted by Gasteiger charge is -2.29. The minimum absolute atomic E-state index is 0.128. The molecule has 3 nitrogen and oxygen atoms in total. The fourth-order valence-corrected chi connectivity index (χ4v) is 3.17. The van der Waals surface area contributed by atoms with Crippen LogP contribution in [0.5, 0.6) is 0 Å². The van der Waals surface area contributed by atoms with E-state index >= 15 is 0 Å². The largest absolute Gasteiger partial charge is 0.214 e. The summed E-state index contributed by atoms with van der Waals surface area (Å²) in [6.45, 7) is 5.59. The van der Waals surface area contributed by atoms with Crippen molar-refractivity contribution in [2.24, 2.45) is 0 Å². The van der Waals surface area contributed by atoms with E-state index in [-0.39, 0.29) is 10.8 Å². The van der Waals surface area contributed by atoms with Gasteiger partial charge in [0, 0.05) is 5.54 Å². The van der Waals surface area contributed by atoms with Gasteiger partial charge in [0.1, 0.15) is 0 Å². The Morgan fingerprint density at radius 2 is 1.75 bits per heavy atom. The molecule has 0 aromatic heterocycles. The van der Waals surface area contributed by atoms with Gasteiger partial charge in [0.15, 0.2) is 0 Å². The molecule has 0 amide bonds. The molecule has 0 atom stereocenters. The molecular weight excluding hydrogens is 174 g/mol. The molecule has 4 heteroatoms. The normalized spacial score (nSPS) is 20.6. The summed E-state index contributed by atoms with van der Waals surface area (Å²) in [7, 11) is -3.03. The fraction of sp³-hybridized carbons (Fsp3) is 1.00. The first kappa shape index (κ1) is 9.99. The quantitative estimate of drug-likeness (QED) is 0.714. The maximum Gasteiger partial charge on any atom is 0.214 e. The molecule has 0 radical (unpaired) electrons. The number of hydrogen-bond donors (Lipinski definition) is 1. The van der Waals surface area contributed by atoms with Gasteiger partial charge >= 0.3 is 0 Å². The molecule has 1 saturated carbocycles. The molecule has 0 aromatic rings. The van der Waals surface area contributed by atoms with Gasteiger partial charge in [-0.3, -0.25) is 0 Å². The summed E-state index contributed by atoms with van der Waals surface area (Å²) in [5.41, 5.74) is -0.339. The van der Waals surface area contributed by atoms with Crippen molar-refractivity contribution in [2.45, 2.75) is 50.8 Å². The first-order chi connectivity index (χ1) is 5.31. The van der Waals surface area contributed by atoms with Crippen LogP contribution in [-0.4, -0.2) is 19.2 Å². The topological polar surface area (TPSA) is 46.2 Å². The van der Waals surface area contributed by atoms with E-state index in [0.29, 0.717) is 0 Å². The highest BCUT2D eigenvalue weighted by molar-refractivity contribution is 7.90. The van der Waals surface area contributed by atoms with Crippen LogP contribution in [0.1, 0.15) is 40.0 Å². The van der Waals surface area contributed by atoms with Crippen LogP contribution in [-0.2, 0) is 10.0 Å². The van der Waals surface area contributed by atoms with E-state index < -0.39 is 10.0 Å². The van der Waals surface area contributed by atoms with Gasteiger partial charge in [0.25, 0.3) is 0 Å². The minimum atomic E-state index is -3.03. The smallest absolute Gasteiger partial charge is 0.212 e. The van der Waals surface area contributed by atoms with Crippen LogP contribution in [0.4, 0.5) is 0 Å². The van der Waals surface area contributed by atoms with E-state index in [0.717, 1.165) is 19.3 Å². The van der Waals surface area contributed by atoms with Gasteiger partial charge in [0.05, 0.1) is 5.25 Å². The standard InChI is InChI=1S/C8H17NO2S/c1-8(2,3)9-12(10,11)7-5-4-6-7/h7,9H,4-6H2,1-3H3. The molecule has 0 bridgehead atoms. The highest BCUT2D eigenvalue weighted by atomic mass is 32.2. The van der Waals surface area contributed by atoms with Crippen molar-refractivity contribution in [2.75, 3.05) is 0 Å². The summed E-state index contributed by atoms with van der Waals surface area (Å²) in [6, 6.07) is 0. The molecule has 1 aliphatic carbocycles. The van der Waals surface area contributed by atoms with Gasteiger partial charge < -0.3 is 0 Å². The lowest BCUT2D eigenvalue weighted by molar-refractivity contribution is 0.440. The molecule has 1 fully saturated rings. The van der Waals surface area contributed by atoms with Gasteiger partial charge in [0.2, 0.25) is 10.0 Å². The third-order valence-corrected chi connectivity index (χ3v) is 4.19. The van der Waals surface area contributed by atoms with Crippen molar-refractivity contribution in [1.29, 1.82) is 0 Å². The molecule has 72 valence electrons. The first-order valence-corrected chi connectivity index (χ1v) is 5.89. The second kappa shape index (κ2) is 3.00. The van der Waals surface area contributed by atoms with Crippen molar-refractivity contribution in [3.05, 3.63) is 0 Å². The summed E-state index contributed by atoms with van der Waals surface area (Å²) in [4.78, 5) is 0. The zero-order valence-electron chi connectivity index (χ0n) is 7.92. The Balaban J connectivity index is 2.60.